The number of hydrogen-bond acceptors (Lipinski definition) is 6. The van der Waals surface area contributed by atoms with Crippen LogP contribution in [-0.4, -0.2) is 47.0 Å². The molecule has 2 aromatic heterocycles. The fourth-order valence-electron chi connectivity index (χ4n) is 3.85. The lowest BCUT2D eigenvalue weighted by atomic mass is 9.91. The zero-order valence-electron chi connectivity index (χ0n) is 17.2. The second-order valence-electron chi connectivity index (χ2n) is 7.89. The minimum absolute atomic E-state index is 0.123. The van der Waals surface area contributed by atoms with Crippen LogP contribution in [0.5, 0.6) is 0 Å². The number of rotatable bonds is 5. The maximum Gasteiger partial charge on any atom is 0.252 e. The molecule has 1 saturated carbocycles. The van der Waals surface area contributed by atoms with Gasteiger partial charge in [-0.2, -0.15) is 4.98 Å². The normalized spacial score (nSPS) is 18.7. The lowest BCUT2D eigenvalue weighted by Crippen LogP contribution is -2.40. The summed E-state index contributed by atoms with van der Waals surface area (Å²) in [7, 11) is 3.96. The average Bonchev–Trinajstić information content (AvgIpc) is 2.75. The maximum atomic E-state index is 12.3. The van der Waals surface area contributed by atoms with Crippen molar-refractivity contribution in [3.63, 3.8) is 0 Å². The van der Waals surface area contributed by atoms with E-state index in [4.69, 9.17) is 4.98 Å². The van der Waals surface area contributed by atoms with Crippen LogP contribution in [0.3, 0.4) is 0 Å². The number of aromatic nitrogens is 3. The number of aromatic amines is 1. The second-order valence-corrected chi connectivity index (χ2v) is 7.89. The molecule has 3 N–H and O–H groups in total. The van der Waals surface area contributed by atoms with Gasteiger partial charge in [-0.1, -0.05) is 12.1 Å². The van der Waals surface area contributed by atoms with Gasteiger partial charge in [-0.3, -0.25) is 9.59 Å². The van der Waals surface area contributed by atoms with Crippen molar-refractivity contribution in [3.8, 4) is 0 Å². The van der Waals surface area contributed by atoms with Gasteiger partial charge in [0.2, 0.25) is 11.5 Å². The highest BCUT2D eigenvalue weighted by Crippen LogP contribution is 2.26. The largest absolute Gasteiger partial charge is 0.362 e. The summed E-state index contributed by atoms with van der Waals surface area (Å²) in [6.45, 7) is 0. The van der Waals surface area contributed by atoms with Gasteiger partial charge < -0.3 is 20.5 Å². The van der Waals surface area contributed by atoms with Crippen molar-refractivity contribution in [2.24, 2.45) is 0 Å². The SMILES string of the molecule is CN(C)c1nc(NC2CCC(NC(=O)c3ccc(=O)[nH]c3)CC2)nc2ccccc12. The molecule has 8 heteroatoms. The van der Waals surface area contributed by atoms with Crippen LogP contribution in [-0.2, 0) is 0 Å². The topological polar surface area (TPSA) is 103 Å². The first-order valence-electron chi connectivity index (χ1n) is 10.2. The molecule has 0 atom stereocenters. The quantitative estimate of drug-likeness (QED) is 0.602. The number of benzene rings is 1. The van der Waals surface area contributed by atoms with E-state index >= 15 is 0 Å². The van der Waals surface area contributed by atoms with E-state index < -0.39 is 0 Å². The molecule has 156 valence electrons. The summed E-state index contributed by atoms with van der Waals surface area (Å²) in [4.78, 5) is 37.4. The van der Waals surface area contributed by atoms with Crippen molar-refractivity contribution in [2.45, 2.75) is 37.8 Å². The van der Waals surface area contributed by atoms with Crippen LogP contribution in [0.2, 0.25) is 0 Å². The number of pyridine rings is 1. The molecule has 3 aromatic rings. The predicted molar refractivity (Wildman–Crippen MR) is 118 cm³/mol. The number of anilines is 2. The molecule has 0 radical (unpaired) electrons. The monoisotopic (exact) mass is 406 g/mol. The van der Waals surface area contributed by atoms with Crippen LogP contribution in [0.1, 0.15) is 36.0 Å². The number of nitrogens with one attached hydrogen (secondary N) is 3. The Kier molecular flexibility index (Phi) is 5.65. The molecule has 1 amide bonds. The molecule has 1 aliphatic rings. The molecular weight excluding hydrogens is 380 g/mol. The van der Waals surface area contributed by atoms with Crippen LogP contribution in [0, 0.1) is 0 Å². The van der Waals surface area contributed by atoms with Gasteiger partial charge in [-0.25, -0.2) is 4.98 Å². The van der Waals surface area contributed by atoms with Crippen molar-refractivity contribution in [1.29, 1.82) is 0 Å². The molecule has 1 aliphatic carbocycles. The Balaban J connectivity index is 1.37. The van der Waals surface area contributed by atoms with Crippen molar-refractivity contribution in [2.75, 3.05) is 24.3 Å². The van der Waals surface area contributed by atoms with Gasteiger partial charge in [-0.15, -0.1) is 0 Å². The standard InChI is InChI=1S/C22H26N6O2/c1-28(2)20-17-5-3-4-6-18(17)26-22(27-20)25-16-10-8-15(9-11-16)24-21(30)14-7-12-19(29)23-13-14/h3-7,12-13,15-16H,8-11H2,1-2H3,(H,23,29)(H,24,30)(H,25,26,27). The van der Waals surface area contributed by atoms with Crippen LogP contribution < -0.4 is 21.1 Å². The molecule has 0 unspecified atom stereocenters. The Morgan fingerprint density at radius 3 is 2.47 bits per heavy atom. The number of H-pyrrole nitrogens is 1. The lowest BCUT2D eigenvalue weighted by Gasteiger charge is -2.30. The second kappa shape index (κ2) is 8.52. The summed E-state index contributed by atoms with van der Waals surface area (Å²) >= 11 is 0. The van der Waals surface area contributed by atoms with E-state index in [1.807, 2.05) is 43.3 Å². The van der Waals surface area contributed by atoms with Gasteiger partial charge in [0.05, 0.1) is 11.1 Å². The highest BCUT2D eigenvalue weighted by atomic mass is 16.2. The van der Waals surface area contributed by atoms with E-state index in [-0.39, 0.29) is 23.6 Å². The summed E-state index contributed by atoms with van der Waals surface area (Å²) in [5.74, 6) is 1.37. The first-order chi connectivity index (χ1) is 14.5. The molecule has 0 saturated heterocycles. The van der Waals surface area contributed by atoms with Crippen molar-refractivity contribution in [3.05, 3.63) is 58.5 Å². The summed E-state index contributed by atoms with van der Waals surface area (Å²) < 4.78 is 0. The van der Waals surface area contributed by atoms with Gasteiger partial charge in [0, 0.05) is 43.8 Å². The van der Waals surface area contributed by atoms with E-state index in [2.05, 4.69) is 20.6 Å². The van der Waals surface area contributed by atoms with E-state index in [1.54, 1.807) is 6.07 Å². The zero-order valence-corrected chi connectivity index (χ0v) is 17.2. The van der Waals surface area contributed by atoms with Crippen LogP contribution >= 0.6 is 0 Å². The smallest absolute Gasteiger partial charge is 0.252 e. The molecular formula is C22H26N6O2. The number of fused-ring (bicyclic) bond motifs is 1. The van der Waals surface area contributed by atoms with Crippen LogP contribution in [0.25, 0.3) is 10.9 Å². The maximum absolute atomic E-state index is 12.3. The Morgan fingerprint density at radius 2 is 1.77 bits per heavy atom. The van der Waals surface area contributed by atoms with E-state index in [9.17, 15) is 9.59 Å². The zero-order chi connectivity index (χ0) is 21.1. The van der Waals surface area contributed by atoms with Crippen molar-refractivity contribution < 1.29 is 4.79 Å². The molecule has 0 bridgehead atoms. The van der Waals surface area contributed by atoms with Gasteiger partial charge >= 0.3 is 0 Å². The number of nitrogens with zero attached hydrogens (tertiary/aromatic N) is 3. The molecule has 30 heavy (non-hydrogen) atoms. The number of hydrogen-bond donors (Lipinski definition) is 3. The third-order valence-corrected chi connectivity index (χ3v) is 5.45. The minimum atomic E-state index is -0.216. The fraction of sp³-hybridized carbons (Fsp3) is 0.364. The molecule has 2 heterocycles. The molecule has 0 spiro atoms. The number of carbonyl (C=O) groups excluding carboxylic acids is 1. The van der Waals surface area contributed by atoms with Gasteiger partial charge in [0.15, 0.2) is 0 Å². The van der Waals surface area contributed by atoms with E-state index in [1.165, 1.54) is 12.3 Å². The first kappa shape index (κ1) is 19.9. The van der Waals surface area contributed by atoms with Gasteiger partial charge in [-0.05, 0) is 43.9 Å². The summed E-state index contributed by atoms with van der Waals surface area (Å²) in [6.07, 6.45) is 5.04. The Bertz CT molecular complexity index is 1080. The third kappa shape index (κ3) is 4.42. The highest BCUT2D eigenvalue weighted by Gasteiger charge is 2.23. The summed E-state index contributed by atoms with van der Waals surface area (Å²) in [6, 6.07) is 11.3. The Morgan fingerprint density at radius 1 is 1.03 bits per heavy atom. The highest BCUT2D eigenvalue weighted by molar-refractivity contribution is 5.94. The van der Waals surface area contributed by atoms with Crippen molar-refractivity contribution in [1.82, 2.24) is 20.3 Å². The molecule has 4 rings (SSSR count). The van der Waals surface area contributed by atoms with Crippen LogP contribution in [0.15, 0.2) is 47.4 Å². The number of amides is 1. The predicted octanol–water partition coefficient (Wildman–Crippen LogP) is 2.54. The van der Waals surface area contributed by atoms with E-state index in [0.717, 1.165) is 42.4 Å². The molecule has 8 nitrogen and oxygen atoms in total. The minimum Gasteiger partial charge on any atom is -0.362 e. The average molecular weight is 406 g/mol. The number of carbonyl (C=O) groups is 1. The Hall–Kier alpha value is -3.42. The summed E-state index contributed by atoms with van der Waals surface area (Å²) in [5.41, 5.74) is 1.17. The van der Waals surface area contributed by atoms with Gasteiger partial charge in [0.1, 0.15) is 5.82 Å². The lowest BCUT2D eigenvalue weighted by molar-refractivity contribution is 0.0926. The molecule has 0 aliphatic heterocycles. The van der Waals surface area contributed by atoms with Crippen LogP contribution in [0.4, 0.5) is 11.8 Å². The fourth-order valence-corrected chi connectivity index (χ4v) is 3.85. The Labute approximate surface area is 174 Å². The molecule has 1 fully saturated rings. The van der Waals surface area contributed by atoms with Gasteiger partial charge in [0.25, 0.3) is 5.91 Å². The van der Waals surface area contributed by atoms with E-state index in [0.29, 0.717) is 11.5 Å². The number of para-hydroxylation sites is 1. The third-order valence-electron chi connectivity index (χ3n) is 5.45. The van der Waals surface area contributed by atoms with Crippen molar-refractivity contribution >= 4 is 28.6 Å². The molecule has 1 aromatic carbocycles. The first-order valence-corrected chi connectivity index (χ1v) is 10.2. The summed E-state index contributed by atoms with van der Waals surface area (Å²) in [5, 5.41) is 7.57.